The van der Waals surface area contributed by atoms with Crippen molar-refractivity contribution in [3.63, 3.8) is 0 Å². The van der Waals surface area contributed by atoms with Crippen LogP contribution in [0.2, 0.25) is 0 Å². The molecular weight excluding hydrogens is 645 g/mol. The van der Waals surface area contributed by atoms with Crippen molar-refractivity contribution in [1.82, 2.24) is 9.97 Å². The SMILES string of the molecule is c1ccc2c(c1)Oc1cccc(-c3cc(-c4cccc5c4sc4ccccc45)nc(-c4ccc5c6ccccc6c6ccccc6c5c4)n3)c1O2. The number of benzene rings is 8. The van der Waals surface area contributed by atoms with Crippen molar-refractivity contribution in [2.45, 2.75) is 0 Å². The molecule has 0 aliphatic carbocycles. The Balaban J connectivity index is 1.18. The number of aromatic nitrogens is 2. The van der Waals surface area contributed by atoms with Crippen molar-refractivity contribution in [1.29, 1.82) is 0 Å². The highest BCUT2D eigenvalue weighted by atomic mass is 32.1. The van der Waals surface area contributed by atoms with Gasteiger partial charge in [-0.3, -0.25) is 0 Å². The fourth-order valence-corrected chi connectivity index (χ4v) is 8.82. The molecule has 0 fully saturated rings. The van der Waals surface area contributed by atoms with E-state index in [1.807, 2.05) is 42.5 Å². The van der Waals surface area contributed by atoms with Crippen LogP contribution < -0.4 is 9.47 Å². The van der Waals surface area contributed by atoms with Gasteiger partial charge in [0, 0.05) is 36.9 Å². The monoisotopic (exact) mass is 670 g/mol. The summed E-state index contributed by atoms with van der Waals surface area (Å²) in [4.78, 5) is 10.6. The molecule has 11 rings (SSSR count). The molecule has 0 bridgehead atoms. The standard InChI is InChI=1S/C46H26N2O2S/c1-2-13-30-28(11-1)29-12-3-4-14-31(29)37-25-27(23-24-32(30)37)46-47-38(35-17-10-21-42-44(35)50-41-20-7-6-19-40(41)49-42)26-39(48-46)36-18-9-16-34-33-15-5-8-22-43(33)51-45(34)36/h1-26H. The van der Waals surface area contributed by atoms with Crippen LogP contribution in [-0.2, 0) is 0 Å². The Bertz CT molecular complexity index is 3020. The van der Waals surface area contributed by atoms with Gasteiger partial charge in [0.05, 0.1) is 11.4 Å². The zero-order valence-electron chi connectivity index (χ0n) is 27.1. The average molecular weight is 671 g/mol. The number of rotatable bonds is 3. The highest BCUT2D eigenvalue weighted by Crippen LogP contribution is 2.50. The first-order chi connectivity index (χ1) is 25.3. The lowest BCUT2D eigenvalue weighted by atomic mass is 9.93. The summed E-state index contributed by atoms with van der Waals surface area (Å²) in [7, 11) is 0. The largest absolute Gasteiger partial charge is 0.449 e. The molecule has 10 aromatic rings. The van der Waals surface area contributed by atoms with E-state index in [4.69, 9.17) is 19.4 Å². The van der Waals surface area contributed by atoms with Gasteiger partial charge >= 0.3 is 0 Å². The fourth-order valence-electron chi connectivity index (χ4n) is 7.60. The molecule has 0 unspecified atom stereocenters. The molecule has 0 saturated carbocycles. The first-order valence-corrected chi connectivity index (χ1v) is 17.8. The van der Waals surface area contributed by atoms with Crippen molar-refractivity contribution in [3.05, 3.63) is 158 Å². The molecule has 1 aliphatic heterocycles. The molecule has 0 radical (unpaired) electrons. The van der Waals surface area contributed by atoms with E-state index in [-0.39, 0.29) is 0 Å². The smallest absolute Gasteiger partial charge is 0.179 e. The van der Waals surface area contributed by atoms with Crippen LogP contribution in [-0.4, -0.2) is 9.97 Å². The normalized spacial score (nSPS) is 12.2. The van der Waals surface area contributed by atoms with Crippen LogP contribution in [0.3, 0.4) is 0 Å². The predicted octanol–water partition coefficient (Wildman–Crippen LogP) is 13.2. The van der Waals surface area contributed by atoms with Crippen LogP contribution in [0.25, 0.3) is 86.4 Å². The Labute approximate surface area is 296 Å². The van der Waals surface area contributed by atoms with Crippen molar-refractivity contribution in [2.24, 2.45) is 0 Å². The molecule has 4 nitrogen and oxygen atoms in total. The Hall–Kier alpha value is -6.56. The van der Waals surface area contributed by atoms with E-state index >= 15 is 0 Å². The van der Waals surface area contributed by atoms with E-state index < -0.39 is 0 Å². The highest BCUT2D eigenvalue weighted by molar-refractivity contribution is 7.26. The summed E-state index contributed by atoms with van der Waals surface area (Å²) in [5, 5.41) is 9.79. The average Bonchev–Trinajstić information content (AvgIpc) is 3.58. The molecule has 0 N–H and O–H groups in total. The first kappa shape index (κ1) is 28.3. The molecular formula is C46H26N2O2S. The minimum absolute atomic E-state index is 0.642. The maximum Gasteiger partial charge on any atom is 0.179 e. The van der Waals surface area contributed by atoms with Crippen molar-refractivity contribution in [2.75, 3.05) is 0 Å². The summed E-state index contributed by atoms with van der Waals surface area (Å²) in [6.45, 7) is 0. The number of fused-ring (bicyclic) bond motifs is 11. The molecule has 0 atom stereocenters. The van der Waals surface area contributed by atoms with Crippen molar-refractivity contribution < 1.29 is 9.47 Å². The van der Waals surface area contributed by atoms with Gasteiger partial charge in [0.15, 0.2) is 28.8 Å². The quantitative estimate of drug-likeness (QED) is 0.176. The summed E-state index contributed by atoms with van der Waals surface area (Å²) in [6, 6.07) is 54.8. The summed E-state index contributed by atoms with van der Waals surface area (Å²) >= 11 is 1.80. The molecule has 2 aromatic heterocycles. The molecule has 0 spiro atoms. The van der Waals surface area contributed by atoms with E-state index in [2.05, 4.69) is 115 Å². The zero-order valence-corrected chi connectivity index (χ0v) is 27.9. The summed E-state index contributed by atoms with van der Waals surface area (Å²) in [5.74, 6) is 3.31. The van der Waals surface area contributed by atoms with Crippen LogP contribution >= 0.6 is 11.3 Å². The third kappa shape index (κ3) is 4.38. The molecule has 3 heterocycles. The van der Waals surface area contributed by atoms with E-state index in [9.17, 15) is 0 Å². The Morgan fingerprint density at radius 2 is 0.941 bits per heavy atom. The third-order valence-corrected chi connectivity index (χ3v) is 11.2. The van der Waals surface area contributed by atoms with Gasteiger partial charge in [0.2, 0.25) is 0 Å². The van der Waals surface area contributed by atoms with E-state index in [1.165, 1.54) is 52.5 Å². The second kappa shape index (κ2) is 11.0. The topological polar surface area (TPSA) is 44.2 Å². The Morgan fingerprint density at radius 3 is 1.71 bits per heavy atom. The van der Waals surface area contributed by atoms with Gasteiger partial charge in [-0.1, -0.05) is 115 Å². The molecule has 238 valence electrons. The third-order valence-electron chi connectivity index (χ3n) is 9.94. The summed E-state index contributed by atoms with van der Waals surface area (Å²) in [6.07, 6.45) is 0. The van der Waals surface area contributed by atoms with E-state index in [0.717, 1.165) is 28.1 Å². The molecule has 0 amide bonds. The number of para-hydroxylation sites is 3. The van der Waals surface area contributed by atoms with Gasteiger partial charge in [0.25, 0.3) is 0 Å². The number of ether oxygens (including phenoxy) is 2. The minimum Gasteiger partial charge on any atom is -0.449 e. The molecule has 1 aliphatic rings. The molecule has 5 heteroatoms. The van der Waals surface area contributed by atoms with Gasteiger partial charge in [-0.25, -0.2) is 9.97 Å². The zero-order chi connectivity index (χ0) is 33.5. The number of hydrogen-bond acceptors (Lipinski definition) is 5. The molecule has 8 aromatic carbocycles. The lowest BCUT2D eigenvalue weighted by molar-refractivity contribution is 0.360. The fraction of sp³-hybridized carbons (Fsp3) is 0. The van der Waals surface area contributed by atoms with Gasteiger partial charge in [0.1, 0.15) is 0 Å². The number of thiophene rings is 1. The van der Waals surface area contributed by atoms with Gasteiger partial charge < -0.3 is 9.47 Å². The summed E-state index contributed by atoms with van der Waals surface area (Å²) < 4.78 is 15.3. The van der Waals surface area contributed by atoms with Crippen LogP contribution in [0, 0.1) is 0 Å². The van der Waals surface area contributed by atoms with Crippen LogP contribution in [0.5, 0.6) is 23.0 Å². The number of hydrogen-bond donors (Lipinski definition) is 0. The van der Waals surface area contributed by atoms with Crippen molar-refractivity contribution in [3.8, 4) is 56.9 Å². The predicted molar refractivity (Wildman–Crippen MR) is 210 cm³/mol. The molecule has 0 saturated heterocycles. The lowest BCUT2D eigenvalue weighted by Gasteiger charge is -2.22. The maximum atomic E-state index is 6.53. The van der Waals surface area contributed by atoms with E-state index in [0.29, 0.717) is 28.8 Å². The maximum absolute atomic E-state index is 6.53. The summed E-state index contributed by atoms with van der Waals surface area (Å²) in [5.41, 5.74) is 4.47. The number of nitrogens with zero attached hydrogens (tertiary/aromatic N) is 2. The Kier molecular flexibility index (Phi) is 6.09. The van der Waals surface area contributed by atoms with Crippen LogP contribution in [0.4, 0.5) is 0 Å². The second-order valence-electron chi connectivity index (χ2n) is 12.9. The molecule has 51 heavy (non-hydrogen) atoms. The van der Waals surface area contributed by atoms with Crippen LogP contribution in [0.1, 0.15) is 0 Å². The first-order valence-electron chi connectivity index (χ1n) is 17.0. The Morgan fingerprint density at radius 1 is 0.392 bits per heavy atom. The van der Waals surface area contributed by atoms with Gasteiger partial charge in [-0.2, -0.15) is 0 Å². The van der Waals surface area contributed by atoms with Gasteiger partial charge in [-0.15, -0.1) is 11.3 Å². The van der Waals surface area contributed by atoms with Crippen molar-refractivity contribution >= 4 is 63.8 Å². The highest BCUT2D eigenvalue weighted by Gasteiger charge is 2.24. The van der Waals surface area contributed by atoms with Crippen LogP contribution in [0.15, 0.2) is 158 Å². The second-order valence-corrected chi connectivity index (χ2v) is 13.9. The minimum atomic E-state index is 0.642. The van der Waals surface area contributed by atoms with E-state index in [1.54, 1.807) is 11.3 Å². The van der Waals surface area contributed by atoms with Gasteiger partial charge in [-0.05, 0) is 74.8 Å². The lowest BCUT2D eigenvalue weighted by Crippen LogP contribution is -2.02.